The first-order chi connectivity index (χ1) is 11.7. The highest BCUT2D eigenvalue weighted by Crippen LogP contribution is 2.18. The Kier molecular flexibility index (Phi) is 6.05. The number of amides is 1. The van der Waals surface area contributed by atoms with Crippen molar-refractivity contribution >= 4 is 35.0 Å². The van der Waals surface area contributed by atoms with Crippen molar-refractivity contribution in [2.75, 3.05) is 36.8 Å². The number of rotatable bonds is 5. The Hall–Kier alpha value is -1.65. The first-order valence-electron chi connectivity index (χ1n) is 8.12. The summed E-state index contributed by atoms with van der Waals surface area (Å²) in [6, 6.07) is 18.2. The fourth-order valence-electron chi connectivity index (χ4n) is 2.83. The van der Waals surface area contributed by atoms with Gasteiger partial charge in [0, 0.05) is 42.6 Å². The Morgan fingerprint density at radius 3 is 2.46 bits per heavy atom. The summed E-state index contributed by atoms with van der Waals surface area (Å²) in [4.78, 5) is 16.7. The van der Waals surface area contributed by atoms with Crippen molar-refractivity contribution in [3.63, 3.8) is 0 Å². The lowest BCUT2D eigenvalue weighted by molar-refractivity contribution is -0.128. The molecule has 1 heterocycles. The molecule has 2 aromatic carbocycles. The average Bonchev–Trinajstić information content (AvgIpc) is 2.63. The molecule has 1 aliphatic rings. The van der Waals surface area contributed by atoms with E-state index in [1.807, 2.05) is 35.2 Å². The molecule has 1 amide bonds. The molecular weight excluding hydrogens is 340 g/mol. The molecule has 126 valence electrons. The summed E-state index contributed by atoms with van der Waals surface area (Å²) in [5.41, 5.74) is 2.40. The molecule has 3 nitrogen and oxygen atoms in total. The summed E-state index contributed by atoms with van der Waals surface area (Å²) < 4.78 is 0. The highest BCUT2D eigenvalue weighted by Gasteiger charge is 2.20. The Morgan fingerprint density at radius 2 is 1.75 bits per heavy atom. The molecule has 1 aliphatic heterocycles. The van der Waals surface area contributed by atoms with E-state index in [1.54, 1.807) is 11.8 Å². The maximum absolute atomic E-state index is 12.4. The first-order valence-corrected chi connectivity index (χ1v) is 9.65. The summed E-state index contributed by atoms with van der Waals surface area (Å²) in [5.74, 6) is 1.57. The van der Waals surface area contributed by atoms with E-state index in [0.29, 0.717) is 5.75 Å². The minimum atomic E-state index is 0.231. The Morgan fingerprint density at radius 1 is 1.00 bits per heavy atom. The molecule has 1 fully saturated rings. The van der Waals surface area contributed by atoms with Crippen molar-refractivity contribution in [3.05, 3.63) is 65.2 Å². The minimum absolute atomic E-state index is 0.231. The van der Waals surface area contributed by atoms with Crippen molar-refractivity contribution in [2.45, 2.75) is 5.75 Å². The van der Waals surface area contributed by atoms with Crippen LogP contribution >= 0.6 is 23.4 Å². The van der Waals surface area contributed by atoms with Crippen LogP contribution in [0.2, 0.25) is 5.02 Å². The van der Waals surface area contributed by atoms with Gasteiger partial charge in [-0.15, -0.1) is 11.8 Å². The molecule has 0 spiro atoms. The predicted octanol–water partition coefficient (Wildman–Crippen LogP) is 3.92. The van der Waals surface area contributed by atoms with Gasteiger partial charge in [-0.05, 0) is 29.8 Å². The Labute approximate surface area is 152 Å². The van der Waals surface area contributed by atoms with E-state index in [2.05, 4.69) is 29.2 Å². The molecule has 3 rings (SSSR count). The SMILES string of the molecule is O=C(CSCc1cccc(Cl)c1)N1CCN(c2ccccc2)CC1. The molecule has 0 saturated carbocycles. The van der Waals surface area contributed by atoms with Gasteiger partial charge >= 0.3 is 0 Å². The molecule has 24 heavy (non-hydrogen) atoms. The van der Waals surface area contributed by atoms with Gasteiger partial charge in [0.2, 0.25) is 5.91 Å². The van der Waals surface area contributed by atoms with Crippen molar-refractivity contribution in [1.82, 2.24) is 4.90 Å². The van der Waals surface area contributed by atoms with E-state index in [9.17, 15) is 4.79 Å². The van der Waals surface area contributed by atoms with E-state index in [0.717, 1.165) is 42.5 Å². The van der Waals surface area contributed by atoms with Gasteiger partial charge in [0.1, 0.15) is 0 Å². The molecule has 0 unspecified atom stereocenters. The average molecular weight is 361 g/mol. The van der Waals surface area contributed by atoms with Gasteiger partial charge in [0.15, 0.2) is 0 Å². The number of carbonyl (C=O) groups excluding carboxylic acids is 1. The van der Waals surface area contributed by atoms with Crippen LogP contribution in [0.25, 0.3) is 0 Å². The summed E-state index contributed by atoms with van der Waals surface area (Å²) in [6.45, 7) is 3.39. The smallest absolute Gasteiger partial charge is 0.232 e. The third-order valence-electron chi connectivity index (χ3n) is 4.14. The van der Waals surface area contributed by atoms with Gasteiger partial charge in [-0.25, -0.2) is 0 Å². The molecule has 0 aromatic heterocycles. The molecule has 0 aliphatic carbocycles. The van der Waals surface area contributed by atoms with Crippen LogP contribution < -0.4 is 4.90 Å². The highest BCUT2D eigenvalue weighted by molar-refractivity contribution is 7.99. The van der Waals surface area contributed by atoms with Gasteiger partial charge in [0.05, 0.1) is 5.75 Å². The molecule has 0 N–H and O–H groups in total. The van der Waals surface area contributed by atoms with Crippen molar-refractivity contribution < 1.29 is 4.79 Å². The number of anilines is 1. The van der Waals surface area contributed by atoms with E-state index < -0.39 is 0 Å². The molecule has 5 heteroatoms. The number of carbonyl (C=O) groups is 1. The van der Waals surface area contributed by atoms with Crippen LogP contribution in [0.4, 0.5) is 5.69 Å². The maximum Gasteiger partial charge on any atom is 0.232 e. The topological polar surface area (TPSA) is 23.6 Å². The Bertz CT molecular complexity index is 672. The van der Waals surface area contributed by atoms with Gasteiger partial charge < -0.3 is 9.80 Å². The number of thioether (sulfide) groups is 1. The number of nitrogens with zero attached hydrogens (tertiary/aromatic N) is 2. The number of para-hydroxylation sites is 1. The zero-order chi connectivity index (χ0) is 16.8. The van der Waals surface area contributed by atoms with Gasteiger partial charge in [-0.2, -0.15) is 0 Å². The highest BCUT2D eigenvalue weighted by atomic mass is 35.5. The van der Waals surface area contributed by atoms with Crippen molar-refractivity contribution in [1.29, 1.82) is 0 Å². The van der Waals surface area contributed by atoms with E-state index >= 15 is 0 Å². The van der Waals surface area contributed by atoms with E-state index in [-0.39, 0.29) is 5.91 Å². The fraction of sp³-hybridized carbons (Fsp3) is 0.316. The van der Waals surface area contributed by atoms with Crippen LogP contribution in [0.5, 0.6) is 0 Å². The normalized spacial score (nSPS) is 14.7. The summed E-state index contributed by atoms with van der Waals surface area (Å²) in [7, 11) is 0. The van der Waals surface area contributed by atoms with Gasteiger partial charge in [0.25, 0.3) is 0 Å². The number of halogens is 1. The number of hydrogen-bond donors (Lipinski definition) is 0. The van der Waals surface area contributed by atoms with E-state index in [4.69, 9.17) is 11.6 Å². The number of benzene rings is 2. The van der Waals surface area contributed by atoms with Gasteiger partial charge in [-0.3, -0.25) is 4.79 Å². The van der Waals surface area contributed by atoms with Crippen LogP contribution in [-0.4, -0.2) is 42.7 Å². The fourth-order valence-corrected chi connectivity index (χ4v) is 3.91. The zero-order valence-electron chi connectivity index (χ0n) is 13.5. The molecule has 0 atom stereocenters. The lowest BCUT2D eigenvalue weighted by Crippen LogP contribution is -2.49. The van der Waals surface area contributed by atoms with Crippen LogP contribution in [0.3, 0.4) is 0 Å². The van der Waals surface area contributed by atoms with Crippen LogP contribution in [0.15, 0.2) is 54.6 Å². The van der Waals surface area contributed by atoms with E-state index in [1.165, 1.54) is 5.69 Å². The molecule has 1 saturated heterocycles. The second-order valence-corrected chi connectivity index (χ2v) is 7.25. The molecule has 0 radical (unpaired) electrons. The van der Waals surface area contributed by atoms with Crippen molar-refractivity contribution in [2.24, 2.45) is 0 Å². The minimum Gasteiger partial charge on any atom is -0.368 e. The second-order valence-electron chi connectivity index (χ2n) is 5.83. The summed E-state index contributed by atoms with van der Waals surface area (Å²) in [6.07, 6.45) is 0. The van der Waals surface area contributed by atoms with Crippen LogP contribution in [0.1, 0.15) is 5.56 Å². The molecule has 0 bridgehead atoms. The monoisotopic (exact) mass is 360 g/mol. The van der Waals surface area contributed by atoms with Crippen molar-refractivity contribution in [3.8, 4) is 0 Å². The first kappa shape index (κ1) is 17.2. The lowest BCUT2D eigenvalue weighted by atomic mass is 10.2. The predicted molar refractivity (Wildman–Crippen MR) is 103 cm³/mol. The third-order valence-corrected chi connectivity index (χ3v) is 5.36. The standard InChI is InChI=1S/C19H21ClN2OS/c20-17-6-4-5-16(13-17)14-24-15-19(23)22-11-9-21(10-12-22)18-7-2-1-3-8-18/h1-8,13H,9-12,14-15H2. The zero-order valence-corrected chi connectivity index (χ0v) is 15.1. The number of hydrogen-bond acceptors (Lipinski definition) is 3. The Balaban J connectivity index is 1.42. The van der Waals surface area contributed by atoms with Crippen LogP contribution in [-0.2, 0) is 10.5 Å². The lowest BCUT2D eigenvalue weighted by Gasteiger charge is -2.36. The van der Waals surface area contributed by atoms with Crippen LogP contribution in [0, 0.1) is 0 Å². The summed E-state index contributed by atoms with van der Waals surface area (Å²) >= 11 is 7.63. The summed E-state index contributed by atoms with van der Waals surface area (Å²) in [5, 5.41) is 0.747. The maximum atomic E-state index is 12.4. The number of piperazine rings is 1. The largest absolute Gasteiger partial charge is 0.368 e. The second kappa shape index (κ2) is 8.45. The molecular formula is C19H21ClN2OS. The quantitative estimate of drug-likeness (QED) is 0.807. The van der Waals surface area contributed by atoms with Gasteiger partial charge in [-0.1, -0.05) is 41.9 Å². The third kappa shape index (κ3) is 4.68. The molecule has 2 aromatic rings.